The fourth-order valence-corrected chi connectivity index (χ4v) is 5.82. The van der Waals surface area contributed by atoms with Crippen molar-refractivity contribution >= 4 is 23.3 Å². The number of ether oxygens (including phenoxy) is 4. The smallest absolute Gasteiger partial charge is 0.340 e. The van der Waals surface area contributed by atoms with E-state index in [1.54, 1.807) is 29.7 Å². The molecule has 0 radical (unpaired) electrons. The van der Waals surface area contributed by atoms with Crippen molar-refractivity contribution in [3.63, 3.8) is 0 Å². The second-order valence-corrected chi connectivity index (χ2v) is 13.4. The van der Waals surface area contributed by atoms with Gasteiger partial charge in [0.15, 0.2) is 17.4 Å². The van der Waals surface area contributed by atoms with Gasteiger partial charge in [-0.3, -0.25) is 4.79 Å². The van der Waals surface area contributed by atoms with Gasteiger partial charge in [-0.05, 0) is 66.0 Å². The summed E-state index contributed by atoms with van der Waals surface area (Å²) < 4.78 is 25.3. The second-order valence-electron chi connectivity index (χ2n) is 13.4. The van der Waals surface area contributed by atoms with Gasteiger partial charge in [-0.25, -0.2) is 9.78 Å². The molecule has 12 nitrogen and oxygen atoms in total. The lowest BCUT2D eigenvalue weighted by molar-refractivity contribution is -0.166. The summed E-state index contributed by atoms with van der Waals surface area (Å²) in [6.45, 7) is 20.9. The molecule has 1 saturated heterocycles. The van der Waals surface area contributed by atoms with Crippen LogP contribution in [0.25, 0.3) is 5.65 Å². The molecule has 1 fully saturated rings. The van der Waals surface area contributed by atoms with E-state index in [0.29, 0.717) is 67.6 Å². The molecule has 4 rings (SSSR count). The first kappa shape index (κ1) is 37.6. The highest BCUT2D eigenvalue weighted by Crippen LogP contribution is 2.38. The number of aromatic nitrogens is 3. The summed E-state index contributed by atoms with van der Waals surface area (Å²) in [6.07, 6.45) is 3.13. The van der Waals surface area contributed by atoms with Crippen LogP contribution >= 0.6 is 0 Å². The van der Waals surface area contributed by atoms with Crippen LogP contribution < -0.4 is 15.0 Å². The summed E-state index contributed by atoms with van der Waals surface area (Å²) in [4.78, 5) is 33.8. The maximum Gasteiger partial charge on any atom is 0.340 e. The van der Waals surface area contributed by atoms with Gasteiger partial charge in [-0.1, -0.05) is 36.9 Å². The van der Waals surface area contributed by atoms with Crippen LogP contribution in [-0.4, -0.2) is 88.3 Å². The number of amides is 1. The summed E-state index contributed by atoms with van der Waals surface area (Å²) >= 11 is 0. The molecule has 0 aliphatic carbocycles. The van der Waals surface area contributed by atoms with Crippen LogP contribution in [0.2, 0.25) is 0 Å². The fourth-order valence-electron chi connectivity index (χ4n) is 5.82. The molecule has 2 atom stereocenters. The van der Waals surface area contributed by atoms with Gasteiger partial charge in [0.25, 0.3) is 5.91 Å². The van der Waals surface area contributed by atoms with Crippen molar-refractivity contribution < 1.29 is 33.6 Å². The number of aliphatic hydroxyl groups excluding tert-OH is 1. The Hall–Kier alpha value is -4.26. The second kappa shape index (κ2) is 16.4. The number of esters is 1. The zero-order valence-corrected chi connectivity index (χ0v) is 29.7. The molecule has 0 spiro atoms. The topological polar surface area (TPSA) is 137 Å². The Bertz CT molecular complexity index is 1620. The zero-order valence-electron chi connectivity index (χ0n) is 29.7. The number of hydrogen-bond donors (Lipinski definition) is 2. The van der Waals surface area contributed by atoms with Gasteiger partial charge in [0.05, 0.1) is 36.1 Å². The lowest BCUT2D eigenvalue weighted by atomic mass is 9.92. The Labute approximate surface area is 289 Å². The van der Waals surface area contributed by atoms with Gasteiger partial charge in [-0.15, -0.1) is 6.58 Å². The van der Waals surface area contributed by atoms with E-state index >= 15 is 0 Å². The number of carbonyl (C=O) groups excluding carboxylic acids is 2. The van der Waals surface area contributed by atoms with Crippen LogP contribution in [-0.2, 0) is 25.4 Å². The molecule has 1 aliphatic rings. The van der Waals surface area contributed by atoms with Crippen LogP contribution in [0.1, 0.15) is 80.9 Å². The minimum Gasteiger partial charge on any atom is -0.489 e. The number of carbonyl (C=O) groups is 2. The molecule has 3 heterocycles. The predicted octanol–water partition coefficient (Wildman–Crippen LogP) is 4.92. The highest BCUT2D eigenvalue weighted by Gasteiger charge is 2.38. The maximum atomic E-state index is 13.5. The first-order chi connectivity index (χ1) is 23.3. The van der Waals surface area contributed by atoms with Gasteiger partial charge < -0.3 is 34.3 Å². The number of para-hydroxylation sites is 1. The van der Waals surface area contributed by atoms with Crippen molar-refractivity contribution in [2.75, 3.05) is 44.4 Å². The van der Waals surface area contributed by atoms with Crippen LogP contribution in [0, 0.1) is 6.92 Å². The van der Waals surface area contributed by atoms with Crippen LogP contribution in [0.15, 0.2) is 55.6 Å². The van der Waals surface area contributed by atoms with E-state index < -0.39 is 29.7 Å². The molecule has 12 heteroatoms. The molecule has 1 aliphatic heterocycles. The van der Waals surface area contributed by atoms with E-state index in [0.717, 1.165) is 5.56 Å². The maximum absolute atomic E-state index is 13.5. The molecular formula is C37H51N5O7. The number of anilines is 1. The molecule has 2 unspecified atom stereocenters. The average Bonchev–Trinajstić information content (AvgIpc) is 3.48. The van der Waals surface area contributed by atoms with E-state index in [9.17, 15) is 14.7 Å². The number of aliphatic hydroxyl groups is 1. The van der Waals surface area contributed by atoms with Crippen molar-refractivity contribution in [2.45, 2.75) is 84.2 Å². The van der Waals surface area contributed by atoms with E-state index in [2.05, 4.69) is 30.3 Å². The minimum atomic E-state index is -1.09. The Morgan fingerprint density at radius 2 is 1.84 bits per heavy atom. The average molecular weight is 678 g/mol. The van der Waals surface area contributed by atoms with Crippen molar-refractivity contribution in [1.82, 2.24) is 19.9 Å². The highest BCUT2D eigenvalue weighted by molar-refractivity contribution is 5.93. The third kappa shape index (κ3) is 9.68. The molecule has 0 bridgehead atoms. The lowest BCUT2D eigenvalue weighted by Gasteiger charge is -2.41. The number of nitrogens with zero attached hydrogens (tertiary/aromatic N) is 4. The van der Waals surface area contributed by atoms with E-state index in [4.69, 9.17) is 29.0 Å². The van der Waals surface area contributed by atoms with Crippen LogP contribution in [0.5, 0.6) is 5.75 Å². The fraction of sp³-hybridized carbons (Fsp3) is 0.514. The molecular weight excluding hydrogens is 626 g/mol. The SMILES string of the molecule is C=CCOc1ccccc1CC(O)CNC(=O)c1cc2nc(C)c(C(OC(C)(C)C)C(=O)OCC)c(N3CCC(C)(OCC=C)CC3)n2n1. The molecule has 1 amide bonds. The van der Waals surface area contributed by atoms with Crippen molar-refractivity contribution in [1.29, 1.82) is 0 Å². The molecule has 266 valence electrons. The van der Waals surface area contributed by atoms with Gasteiger partial charge in [0.1, 0.15) is 18.2 Å². The van der Waals surface area contributed by atoms with Crippen molar-refractivity contribution in [3.05, 3.63) is 78.2 Å². The highest BCUT2D eigenvalue weighted by atomic mass is 16.6. The van der Waals surface area contributed by atoms with Crippen molar-refractivity contribution in [3.8, 4) is 5.75 Å². The molecule has 49 heavy (non-hydrogen) atoms. The summed E-state index contributed by atoms with van der Waals surface area (Å²) in [5.74, 6) is 0.253. The van der Waals surface area contributed by atoms with Gasteiger partial charge in [0, 0.05) is 37.8 Å². The summed E-state index contributed by atoms with van der Waals surface area (Å²) in [6, 6.07) is 9.04. The van der Waals surface area contributed by atoms with Crippen LogP contribution in [0.3, 0.4) is 0 Å². The number of benzene rings is 1. The van der Waals surface area contributed by atoms with E-state index in [-0.39, 0.29) is 30.9 Å². The Kier molecular flexibility index (Phi) is 12.6. The quantitative estimate of drug-likeness (QED) is 0.159. The van der Waals surface area contributed by atoms with Crippen molar-refractivity contribution in [2.24, 2.45) is 0 Å². The molecule has 0 saturated carbocycles. The number of hydrogen-bond acceptors (Lipinski definition) is 10. The summed E-state index contributed by atoms with van der Waals surface area (Å²) in [7, 11) is 0. The standard InChI is InChI=1S/C37H51N5O7/c1-9-20-47-29-15-13-12-14-26(29)22-27(43)24-38-33(44)28-23-30-39-25(4)31(32(35(45)46-11-3)49-36(5,6)7)34(42(30)40-28)41-18-16-37(8,17-19-41)48-21-10-2/h9-10,12-15,23,27,32,43H,1-2,11,16-22,24H2,3-8H3,(H,38,44). The van der Waals surface area contributed by atoms with Gasteiger partial charge in [0.2, 0.25) is 0 Å². The Morgan fingerprint density at radius 1 is 1.14 bits per heavy atom. The van der Waals surface area contributed by atoms with Gasteiger partial charge in [-0.2, -0.15) is 9.61 Å². The lowest BCUT2D eigenvalue weighted by Crippen LogP contribution is -2.45. The number of piperidine rings is 1. The first-order valence-corrected chi connectivity index (χ1v) is 16.8. The monoisotopic (exact) mass is 677 g/mol. The van der Waals surface area contributed by atoms with E-state index in [1.807, 2.05) is 52.0 Å². The molecule has 1 aromatic carbocycles. The zero-order chi connectivity index (χ0) is 35.8. The number of nitrogens with one attached hydrogen (secondary N) is 1. The normalized spacial score (nSPS) is 15.8. The Balaban J connectivity index is 1.67. The number of rotatable bonds is 16. The Morgan fingerprint density at radius 3 is 2.49 bits per heavy atom. The van der Waals surface area contributed by atoms with E-state index in [1.165, 1.54) is 0 Å². The third-order valence-electron chi connectivity index (χ3n) is 8.22. The molecule has 2 aromatic heterocycles. The summed E-state index contributed by atoms with van der Waals surface area (Å²) in [5.41, 5.74) is 1.42. The third-order valence-corrected chi connectivity index (χ3v) is 8.22. The predicted molar refractivity (Wildman–Crippen MR) is 188 cm³/mol. The molecule has 3 aromatic rings. The number of fused-ring (bicyclic) bond motifs is 1. The number of aryl methyl sites for hydroxylation is 1. The summed E-state index contributed by atoms with van der Waals surface area (Å²) in [5, 5.41) is 18.3. The minimum absolute atomic E-state index is 0.00711. The van der Waals surface area contributed by atoms with Gasteiger partial charge >= 0.3 is 5.97 Å². The first-order valence-electron chi connectivity index (χ1n) is 16.8. The largest absolute Gasteiger partial charge is 0.489 e. The van der Waals surface area contributed by atoms with Crippen LogP contribution in [0.4, 0.5) is 5.82 Å². The molecule has 2 N–H and O–H groups in total.